The van der Waals surface area contributed by atoms with Crippen molar-refractivity contribution in [3.05, 3.63) is 50.6 Å². The molecule has 0 radical (unpaired) electrons. The van der Waals surface area contributed by atoms with Gasteiger partial charge in [0.05, 0.1) is 4.92 Å². The summed E-state index contributed by atoms with van der Waals surface area (Å²) < 4.78 is 2.09. The molecule has 0 bridgehead atoms. The predicted octanol–water partition coefficient (Wildman–Crippen LogP) is 3.44. The largest absolute Gasteiger partial charge is 0.296 e. The van der Waals surface area contributed by atoms with E-state index in [-0.39, 0.29) is 5.69 Å². The Bertz CT molecular complexity index is 840. The molecule has 0 spiro atoms. The average molecular weight is 308 g/mol. The molecule has 20 heavy (non-hydrogen) atoms. The summed E-state index contributed by atoms with van der Waals surface area (Å²) in [6.45, 7) is 0. The predicted molar refractivity (Wildman–Crippen MR) is 75.6 cm³/mol. The molecule has 0 aliphatic heterocycles. The van der Waals surface area contributed by atoms with Crippen LogP contribution >= 0.6 is 22.9 Å². The highest BCUT2D eigenvalue weighted by Crippen LogP contribution is 2.30. The number of halogens is 1. The van der Waals surface area contributed by atoms with Crippen molar-refractivity contribution in [2.45, 2.75) is 0 Å². The van der Waals surface area contributed by atoms with Gasteiger partial charge in [-0.2, -0.15) is 0 Å². The molecule has 0 amide bonds. The Labute approximate surface area is 121 Å². The molecule has 3 aromatic rings. The van der Waals surface area contributed by atoms with Crippen LogP contribution in [0.5, 0.6) is 0 Å². The van der Waals surface area contributed by atoms with Gasteiger partial charge < -0.3 is 0 Å². The Kier molecular flexibility index (Phi) is 3.00. The lowest BCUT2D eigenvalue weighted by Gasteiger charge is -1.98. The molecule has 0 saturated carbocycles. The Morgan fingerprint density at radius 2 is 2.25 bits per heavy atom. The van der Waals surface area contributed by atoms with E-state index in [2.05, 4.69) is 4.98 Å². The van der Waals surface area contributed by atoms with Gasteiger partial charge in [-0.3, -0.25) is 19.3 Å². The molecule has 6 nitrogen and oxygen atoms in total. The minimum atomic E-state index is -0.487. The molecular weight excluding hydrogens is 302 g/mol. The third-order valence-electron chi connectivity index (χ3n) is 2.78. The molecule has 3 rings (SSSR count). The van der Waals surface area contributed by atoms with Crippen molar-refractivity contribution in [2.75, 3.05) is 0 Å². The van der Waals surface area contributed by atoms with Crippen LogP contribution in [-0.2, 0) is 0 Å². The molecule has 0 aliphatic rings. The molecular formula is C12H6ClN3O3S. The molecule has 0 unspecified atom stereocenters. The van der Waals surface area contributed by atoms with Crippen LogP contribution in [0.15, 0.2) is 30.5 Å². The quantitative estimate of drug-likeness (QED) is 0.422. The number of nitro groups is 1. The fourth-order valence-corrected chi connectivity index (χ4v) is 2.95. The highest BCUT2D eigenvalue weighted by molar-refractivity contribution is 7.20. The Hall–Kier alpha value is -2.25. The number of thiazole rings is 1. The summed E-state index contributed by atoms with van der Waals surface area (Å²) in [5.41, 5.74) is 1.21. The van der Waals surface area contributed by atoms with Gasteiger partial charge in [0.1, 0.15) is 15.7 Å². The molecule has 0 saturated heterocycles. The standard InChI is InChI=1S/C12H6ClN3O3S/c13-10-5-15-9(6-17)11(14-12(15)20-10)7-2-1-3-8(4-7)16(18)19/h1-6H. The molecule has 0 fully saturated rings. The SMILES string of the molecule is O=Cc1c(-c2cccc([N+](=O)[O-])c2)nc2sc(Cl)cn12. The fraction of sp³-hybridized carbons (Fsp3) is 0. The van der Waals surface area contributed by atoms with Crippen LogP contribution in [0.25, 0.3) is 16.2 Å². The smallest absolute Gasteiger partial charge is 0.270 e. The van der Waals surface area contributed by atoms with Crippen LogP contribution in [0.2, 0.25) is 4.34 Å². The average Bonchev–Trinajstić information content (AvgIpc) is 2.94. The van der Waals surface area contributed by atoms with Crippen LogP contribution in [-0.4, -0.2) is 20.6 Å². The normalized spacial score (nSPS) is 10.8. The summed E-state index contributed by atoms with van der Waals surface area (Å²) in [5, 5.41) is 10.8. The number of aromatic nitrogens is 2. The van der Waals surface area contributed by atoms with Gasteiger partial charge >= 0.3 is 0 Å². The minimum Gasteiger partial charge on any atom is -0.296 e. The first kappa shape index (κ1) is 12.8. The van der Waals surface area contributed by atoms with E-state index >= 15 is 0 Å². The summed E-state index contributed by atoms with van der Waals surface area (Å²) in [4.78, 5) is 26.5. The van der Waals surface area contributed by atoms with Crippen LogP contribution in [0, 0.1) is 10.1 Å². The van der Waals surface area contributed by atoms with E-state index in [0.717, 1.165) is 0 Å². The Morgan fingerprint density at radius 3 is 2.95 bits per heavy atom. The zero-order chi connectivity index (χ0) is 14.3. The van der Waals surface area contributed by atoms with Gasteiger partial charge in [-0.15, -0.1) is 0 Å². The number of aldehydes is 1. The van der Waals surface area contributed by atoms with Gasteiger partial charge in [-0.25, -0.2) is 4.98 Å². The maximum Gasteiger partial charge on any atom is 0.270 e. The number of carbonyl (C=O) groups excluding carboxylic acids is 1. The van der Waals surface area contributed by atoms with Crippen LogP contribution in [0.3, 0.4) is 0 Å². The van der Waals surface area contributed by atoms with Gasteiger partial charge in [0.15, 0.2) is 11.2 Å². The van der Waals surface area contributed by atoms with Crippen molar-refractivity contribution in [3.8, 4) is 11.3 Å². The number of hydrogen-bond donors (Lipinski definition) is 0. The van der Waals surface area contributed by atoms with Crippen LogP contribution < -0.4 is 0 Å². The lowest BCUT2D eigenvalue weighted by Crippen LogP contribution is -1.92. The second-order valence-corrected chi connectivity index (χ2v) is 5.60. The van der Waals surface area contributed by atoms with E-state index in [9.17, 15) is 14.9 Å². The summed E-state index contributed by atoms with van der Waals surface area (Å²) in [7, 11) is 0. The number of non-ortho nitro benzene ring substituents is 1. The van der Waals surface area contributed by atoms with Gasteiger partial charge in [0.2, 0.25) is 0 Å². The van der Waals surface area contributed by atoms with E-state index in [4.69, 9.17) is 11.6 Å². The highest BCUT2D eigenvalue weighted by Gasteiger charge is 2.17. The van der Waals surface area contributed by atoms with Crippen LogP contribution in [0.1, 0.15) is 10.5 Å². The Balaban J connectivity index is 2.23. The van der Waals surface area contributed by atoms with E-state index in [1.54, 1.807) is 22.7 Å². The zero-order valence-corrected chi connectivity index (χ0v) is 11.4. The number of nitro benzene ring substituents is 1. The van der Waals surface area contributed by atoms with E-state index in [1.165, 1.54) is 23.5 Å². The summed E-state index contributed by atoms with van der Waals surface area (Å²) in [6.07, 6.45) is 2.26. The lowest BCUT2D eigenvalue weighted by molar-refractivity contribution is -0.384. The van der Waals surface area contributed by atoms with Crippen LogP contribution in [0.4, 0.5) is 5.69 Å². The highest BCUT2D eigenvalue weighted by atomic mass is 35.5. The van der Waals surface area contributed by atoms with Gasteiger partial charge in [-0.05, 0) is 0 Å². The second kappa shape index (κ2) is 4.69. The number of benzene rings is 1. The molecule has 1 aromatic carbocycles. The molecule has 2 heterocycles. The lowest BCUT2D eigenvalue weighted by atomic mass is 10.1. The minimum absolute atomic E-state index is 0.0475. The number of hydrogen-bond acceptors (Lipinski definition) is 5. The maximum absolute atomic E-state index is 11.3. The number of carbonyl (C=O) groups is 1. The summed E-state index contributed by atoms with van der Waals surface area (Å²) >= 11 is 7.10. The molecule has 2 aromatic heterocycles. The van der Waals surface area contributed by atoms with Gasteiger partial charge in [0, 0.05) is 23.9 Å². The van der Waals surface area contributed by atoms with Crippen molar-refractivity contribution >= 4 is 39.9 Å². The molecule has 0 aliphatic carbocycles. The maximum atomic E-state index is 11.3. The van der Waals surface area contributed by atoms with Crippen molar-refractivity contribution in [1.29, 1.82) is 0 Å². The van der Waals surface area contributed by atoms with Crippen molar-refractivity contribution in [2.24, 2.45) is 0 Å². The van der Waals surface area contributed by atoms with Crippen molar-refractivity contribution < 1.29 is 9.72 Å². The first-order valence-electron chi connectivity index (χ1n) is 5.47. The van der Waals surface area contributed by atoms with Gasteiger partial charge in [0.25, 0.3) is 5.69 Å². The van der Waals surface area contributed by atoms with Crippen molar-refractivity contribution in [3.63, 3.8) is 0 Å². The van der Waals surface area contributed by atoms with Gasteiger partial charge in [-0.1, -0.05) is 35.1 Å². The topological polar surface area (TPSA) is 77.5 Å². The zero-order valence-electron chi connectivity index (χ0n) is 9.82. The first-order chi connectivity index (χ1) is 9.60. The van der Waals surface area contributed by atoms with E-state index in [1.807, 2.05) is 0 Å². The Morgan fingerprint density at radius 1 is 1.45 bits per heavy atom. The fourth-order valence-electron chi connectivity index (χ4n) is 1.93. The molecule has 8 heteroatoms. The number of nitrogens with zero attached hydrogens (tertiary/aromatic N) is 3. The number of fused-ring (bicyclic) bond motifs is 1. The second-order valence-electron chi connectivity index (χ2n) is 3.96. The monoisotopic (exact) mass is 307 g/mol. The number of imidazole rings is 1. The number of rotatable bonds is 3. The molecule has 100 valence electrons. The third kappa shape index (κ3) is 1.97. The molecule has 0 atom stereocenters. The first-order valence-corrected chi connectivity index (χ1v) is 6.67. The van der Waals surface area contributed by atoms with Crippen molar-refractivity contribution in [1.82, 2.24) is 9.38 Å². The van der Waals surface area contributed by atoms with E-state index < -0.39 is 4.92 Å². The summed E-state index contributed by atoms with van der Waals surface area (Å²) in [5.74, 6) is 0. The third-order valence-corrected chi connectivity index (χ3v) is 3.88. The molecule has 0 N–H and O–H groups in total. The van der Waals surface area contributed by atoms with E-state index in [0.29, 0.717) is 32.5 Å². The summed E-state index contributed by atoms with van der Waals surface area (Å²) in [6, 6.07) is 6.01.